The molecule has 2 aromatic carbocycles. The van der Waals surface area contributed by atoms with Crippen LogP contribution in [0.25, 0.3) is 11.6 Å². The predicted octanol–water partition coefficient (Wildman–Crippen LogP) is 4.81. The Bertz CT molecular complexity index is 1130. The molecule has 0 aliphatic carbocycles. The molecule has 4 rings (SSSR count). The molecule has 2 heterocycles. The van der Waals surface area contributed by atoms with Crippen molar-refractivity contribution in [2.45, 2.75) is 57.6 Å². The standard InChI is InChI=1S/C29H32O7/c1-19(21-9-7-6-8-10-21)26(31)22-14-11-20(12-15-22)13-16-25(30)32-17-23-27(36-29(4,5)35-23)24-18-33-28(2,3)34-24/h6-16,23-24,27H,1,17-18H2,2-5H3/b16-13+/t23-,24+,27+/m1/s1. The zero-order valence-electron chi connectivity index (χ0n) is 21.1. The lowest BCUT2D eigenvalue weighted by atomic mass is 9.97. The van der Waals surface area contributed by atoms with Crippen LogP contribution in [-0.2, 0) is 28.5 Å². The zero-order chi connectivity index (χ0) is 25.9. The molecule has 3 atom stereocenters. The summed E-state index contributed by atoms with van der Waals surface area (Å²) in [6, 6.07) is 16.3. The third kappa shape index (κ3) is 6.36. The van der Waals surface area contributed by atoms with Crippen molar-refractivity contribution in [3.05, 3.63) is 83.9 Å². The van der Waals surface area contributed by atoms with Gasteiger partial charge in [-0.05, 0) is 44.9 Å². The molecule has 0 N–H and O–H groups in total. The Kier molecular flexibility index (Phi) is 7.57. The van der Waals surface area contributed by atoms with Gasteiger partial charge in [0.1, 0.15) is 24.9 Å². The van der Waals surface area contributed by atoms with Crippen LogP contribution in [-0.4, -0.2) is 54.9 Å². The molecule has 0 bridgehead atoms. The van der Waals surface area contributed by atoms with E-state index in [1.165, 1.54) is 6.08 Å². The van der Waals surface area contributed by atoms with Crippen molar-refractivity contribution in [1.29, 1.82) is 0 Å². The number of carbonyl (C=O) groups is 2. The Hall–Kier alpha value is -3.10. The normalized spacial score (nSPS) is 24.6. The molecular weight excluding hydrogens is 460 g/mol. The van der Waals surface area contributed by atoms with Gasteiger partial charge >= 0.3 is 5.97 Å². The number of benzene rings is 2. The van der Waals surface area contributed by atoms with E-state index < -0.39 is 29.8 Å². The summed E-state index contributed by atoms with van der Waals surface area (Å²) in [7, 11) is 0. The highest BCUT2D eigenvalue weighted by Gasteiger charge is 2.50. The van der Waals surface area contributed by atoms with Crippen molar-refractivity contribution >= 4 is 23.4 Å². The van der Waals surface area contributed by atoms with Gasteiger partial charge in [-0.1, -0.05) is 61.2 Å². The van der Waals surface area contributed by atoms with Crippen LogP contribution in [0.3, 0.4) is 0 Å². The summed E-state index contributed by atoms with van der Waals surface area (Å²) in [6.07, 6.45) is 1.75. The second-order valence-corrected chi connectivity index (χ2v) is 9.76. The molecule has 2 aliphatic heterocycles. The predicted molar refractivity (Wildman–Crippen MR) is 135 cm³/mol. The van der Waals surface area contributed by atoms with E-state index in [1.54, 1.807) is 30.3 Å². The first-order valence-electron chi connectivity index (χ1n) is 11.9. The third-order valence-corrected chi connectivity index (χ3v) is 5.99. The van der Waals surface area contributed by atoms with Crippen LogP contribution in [0.1, 0.15) is 49.2 Å². The number of allylic oxidation sites excluding steroid dienone is 1. The second-order valence-electron chi connectivity index (χ2n) is 9.76. The van der Waals surface area contributed by atoms with Gasteiger partial charge in [0.25, 0.3) is 0 Å². The average Bonchev–Trinajstić information content (AvgIpc) is 3.38. The first-order chi connectivity index (χ1) is 17.0. The molecule has 36 heavy (non-hydrogen) atoms. The van der Waals surface area contributed by atoms with E-state index in [2.05, 4.69) is 6.58 Å². The summed E-state index contributed by atoms with van der Waals surface area (Å²) in [5.41, 5.74) is 2.50. The molecule has 0 spiro atoms. The highest BCUT2D eigenvalue weighted by Crippen LogP contribution is 2.35. The van der Waals surface area contributed by atoms with Crippen LogP contribution in [0.2, 0.25) is 0 Å². The number of hydrogen-bond acceptors (Lipinski definition) is 7. The summed E-state index contributed by atoms with van der Waals surface area (Å²) in [4.78, 5) is 25.1. The quantitative estimate of drug-likeness (QED) is 0.297. The third-order valence-electron chi connectivity index (χ3n) is 5.99. The van der Waals surface area contributed by atoms with Gasteiger partial charge in [-0.2, -0.15) is 0 Å². The fraction of sp³-hybridized carbons (Fsp3) is 0.379. The second kappa shape index (κ2) is 10.5. The van der Waals surface area contributed by atoms with Gasteiger partial charge in [0.2, 0.25) is 0 Å². The lowest BCUT2D eigenvalue weighted by Gasteiger charge is -2.23. The van der Waals surface area contributed by atoms with E-state index >= 15 is 0 Å². The summed E-state index contributed by atoms with van der Waals surface area (Å²) in [6.45, 7) is 11.6. The fourth-order valence-corrected chi connectivity index (χ4v) is 4.25. The van der Waals surface area contributed by atoms with Crippen LogP contribution in [0.5, 0.6) is 0 Å². The van der Waals surface area contributed by atoms with Crippen LogP contribution < -0.4 is 0 Å². The van der Waals surface area contributed by atoms with E-state index in [9.17, 15) is 9.59 Å². The van der Waals surface area contributed by atoms with E-state index in [0.29, 0.717) is 17.7 Å². The molecule has 0 amide bonds. The molecule has 7 nitrogen and oxygen atoms in total. The van der Waals surface area contributed by atoms with Crippen molar-refractivity contribution < 1.29 is 33.3 Å². The molecule has 7 heteroatoms. The molecule has 2 saturated heterocycles. The lowest BCUT2D eigenvalue weighted by Crippen LogP contribution is -2.40. The van der Waals surface area contributed by atoms with Crippen molar-refractivity contribution in [2.24, 2.45) is 0 Å². The minimum Gasteiger partial charge on any atom is -0.460 e. The lowest BCUT2D eigenvalue weighted by molar-refractivity contribution is -0.175. The van der Waals surface area contributed by atoms with Crippen molar-refractivity contribution in [3.63, 3.8) is 0 Å². The molecular formula is C29H32O7. The zero-order valence-corrected chi connectivity index (χ0v) is 21.1. The summed E-state index contributed by atoms with van der Waals surface area (Å²) >= 11 is 0. The number of rotatable bonds is 8. The number of carbonyl (C=O) groups excluding carboxylic acids is 2. The van der Waals surface area contributed by atoms with Gasteiger partial charge < -0.3 is 23.7 Å². The molecule has 0 unspecified atom stereocenters. The highest BCUT2D eigenvalue weighted by molar-refractivity contribution is 6.28. The maximum absolute atomic E-state index is 12.7. The Morgan fingerprint density at radius 3 is 2.28 bits per heavy atom. The van der Waals surface area contributed by atoms with Crippen molar-refractivity contribution in [1.82, 2.24) is 0 Å². The van der Waals surface area contributed by atoms with Gasteiger partial charge in [0, 0.05) is 17.2 Å². The van der Waals surface area contributed by atoms with Crippen molar-refractivity contribution in [2.75, 3.05) is 13.2 Å². The number of Topliss-reactive ketones (excluding diaryl/α,β-unsaturated/α-hetero) is 1. The fourth-order valence-electron chi connectivity index (χ4n) is 4.25. The maximum Gasteiger partial charge on any atom is 0.330 e. The highest BCUT2D eigenvalue weighted by atomic mass is 16.8. The molecule has 0 radical (unpaired) electrons. The molecule has 2 fully saturated rings. The minimum atomic E-state index is -0.821. The average molecular weight is 493 g/mol. The smallest absolute Gasteiger partial charge is 0.330 e. The number of esters is 1. The monoisotopic (exact) mass is 492 g/mol. The van der Waals surface area contributed by atoms with E-state index in [4.69, 9.17) is 23.7 Å². The summed E-state index contributed by atoms with van der Waals surface area (Å²) in [5.74, 6) is -2.17. The van der Waals surface area contributed by atoms with E-state index in [1.807, 2.05) is 58.0 Å². The minimum absolute atomic E-state index is 0.0204. The summed E-state index contributed by atoms with van der Waals surface area (Å²) in [5, 5.41) is 0. The van der Waals surface area contributed by atoms with Crippen LogP contribution in [0.15, 0.2) is 67.3 Å². The number of ketones is 1. The van der Waals surface area contributed by atoms with Gasteiger partial charge in [-0.25, -0.2) is 4.79 Å². The molecule has 2 aromatic rings. The van der Waals surface area contributed by atoms with Gasteiger partial charge in [0.05, 0.1) is 6.61 Å². The first kappa shape index (κ1) is 26.0. The number of hydrogen-bond donors (Lipinski definition) is 0. The van der Waals surface area contributed by atoms with Crippen LogP contribution in [0.4, 0.5) is 0 Å². The maximum atomic E-state index is 12.7. The van der Waals surface area contributed by atoms with Crippen LogP contribution in [0, 0.1) is 0 Å². The molecule has 2 aliphatic rings. The van der Waals surface area contributed by atoms with Crippen LogP contribution >= 0.6 is 0 Å². The van der Waals surface area contributed by atoms with E-state index in [-0.39, 0.29) is 18.5 Å². The van der Waals surface area contributed by atoms with Crippen molar-refractivity contribution in [3.8, 4) is 0 Å². The topological polar surface area (TPSA) is 80.3 Å². The van der Waals surface area contributed by atoms with Gasteiger partial charge in [-0.3, -0.25) is 4.79 Å². The Balaban J connectivity index is 1.31. The van der Waals surface area contributed by atoms with E-state index in [0.717, 1.165) is 11.1 Å². The summed E-state index contributed by atoms with van der Waals surface area (Å²) < 4.78 is 29.0. The number of ether oxygens (including phenoxy) is 5. The Morgan fingerprint density at radius 2 is 1.64 bits per heavy atom. The molecule has 190 valence electrons. The molecule has 0 saturated carbocycles. The Morgan fingerprint density at radius 1 is 0.944 bits per heavy atom. The first-order valence-corrected chi connectivity index (χ1v) is 11.9. The SMILES string of the molecule is C=C(C(=O)c1ccc(/C=C/C(=O)OC[C@H]2OC(C)(C)O[C@@H]2[C@@H]2COC(C)(C)O2)cc1)c1ccccc1. The van der Waals surface area contributed by atoms with Gasteiger partial charge in [-0.15, -0.1) is 0 Å². The molecule has 0 aromatic heterocycles. The Labute approximate surface area is 211 Å². The van der Waals surface area contributed by atoms with Gasteiger partial charge in [0.15, 0.2) is 17.4 Å². The largest absolute Gasteiger partial charge is 0.460 e.